The lowest BCUT2D eigenvalue weighted by Gasteiger charge is -2.37. The summed E-state index contributed by atoms with van der Waals surface area (Å²) >= 11 is 0. The molecule has 40 heavy (non-hydrogen) atoms. The van der Waals surface area contributed by atoms with Gasteiger partial charge in [-0.1, -0.05) is 43.2 Å². The summed E-state index contributed by atoms with van der Waals surface area (Å²) in [6.45, 7) is 1.92. The molecule has 1 heterocycles. The molecule has 1 saturated carbocycles. The van der Waals surface area contributed by atoms with Crippen LogP contribution in [0.1, 0.15) is 56.6 Å². The Morgan fingerprint density at radius 3 is 2.50 bits per heavy atom. The highest BCUT2D eigenvalue weighted by Crippen LogP contribution is 2.40. The van der Waals surface area contributed by atoms with Crippen LogP contribution in [-0.4, -0.2) is 70.5 Å². The second-order valence-electron chi connectivity index (χ2n) is 11.6. The zero-order chi connectivity index (χ0) is 28.5. The molecule has 0 radical (unpaired) electrons. The number of halogens is 1. The summed E-state index contributed by atoms with van der Waals surface area (Å²) in [5.74, 6) is 0.835. The fourth-order valence-corrected chi connectivity index (χ4v) is 7.96. The number of hydrogen-bond donors (Lipinski definition) is 1. The van der Waals surface area contributed by atoms with Gasteiger partial charge in [0.1, 0.15) is 12.4 Å². The van der Waals surface area contributed by atoms with Crippen molar-refractivity contribution in [1.29, 1.82) is 0 Å². The van der Waals surface area contributed by atoms with E-state index in [9.17, 15) is 17.6 Å². The molecule has 2 aliphatic rings. The van der Waals surface area contributed by atoms with Crippen molar-refractivity contribution in [2.24, 2.45) is 17.8 Å². The molecule has 2 fully saturated rings. The van der Waals surface area contributed by atoms with Gasteiger partial charge in [-0.3, -0.25) is 4.79 Å². The van der Waals surface area contributed by atoms with Crippen molar-refractivity contribution >= 4 is 15.9 Å². The second-order valence-corrected chi connectivity index (χ2v) is 13.5. The maximum atomic E-state index is 13.8. The van der Waals surface area contributed by atoms with E-state index in [2.05, 4.69) is 24.3 Å². The van der Waals surface area contributed by atoms with Crippen LogP contribution in [0.25, 0.3) is 0 Å². The fourth-order valence-electron chi connectivity index (χ4n) is 6.38. The third kappa shape index (κ3) is 8.35. The van der Waals surface area contributed by atoms with Crippen LogP contribution in [0.15, 0.2) is 59.5 Å². The number of rotatable bonds is 12. The average molecular weight is 574 g/mol. The number of nitrogens with one attached hydrogen (secondary N) is 1. The molecule has 0 bridgehead atoms. The minimum absolute atomic E-state index is 0.00712. The smallest absolute Gasteiger partial charge is 0.245 e. The highest BCUT2D eigenvalue weighted by molar-refractivity contribution is 7.89. The molecule has 1 N–H and O–H groups in total. The molecule has 1 aliphatic carbocycles. The first-order valence-corrected chi connectivity index (χ1v) is 16.0. The standard InChI is InChI=1S/C31H44FN3O4S/c1-34(2)31(27-9-6-10-28(32)20-27)26-15-13-24(14-16-26)17-18-33-30(36)23-39-22-25-8-7-19-35(21-25)40(37,38)29-11-4-3-5-12-29/h3-6,9-12,20,24-26,31H,7-8,13-19,21-23H2,1-2H3,(H,33,36). The summed E-state index contributed by atoms with van der Waals surface area (Å²) in [6.07, 6.45) is 7.03. The summed E-state index contributed by atoms with van der Waals surface area (Å²) in [5.41, 5.74) is 1.04. The summed E-state index contributed by atoms with van der Waals surface area (Å²) in [5, 5.41) is 2.99. The van der Waals surface area contributed by atoms with Crippen LogP contribution in [0.3, 0.4) is 0 Å². The lowest BCUT2D eigenvalue weighted by molar-refractivity contribution is -0.126. The molecule has 0 aromatic heterocycles. The Bertz CT molecular complexity index is 1190. The van der Waals surface area contributed by atoms with Gasteiger partial charge in [0.05, 0.1) is 11.5 Å². The van der Waals surface area contributed by atoms with Crippen LogP contribution in [0.4, 0.5) is 4.39 Å². The number of benzene rings is 2. The second kappa shape index (κ2) is 14.5. The molecular formula is C31H44FN3O4S. The van der Waals surface area contributed by atoms with E-state index in [1.165, 1.54) is 10.4 Å². The van der Waals surface area contributed by atoms with Crippen molar-refractivity contribution in [2.75, 3.05) is 46.9 Å². The maximum Gasteiger partial charge on any atom is 0.245 e. The van der Waals surface area contributed by atoms with Crippen LogP contribution in [0, 0.1) is 23.6 Å². The molecule has 2 aromatic carbocycles. The van der Waals surface area contributed by atoms with Gasteiger partial charge in [-0.05, 0) is 93.8 Å². The Morgan fingerprint density at radius 1 is 1.05 bits per heavy atom. The normalized spacial score (nSPS) is 23.1. The molecule has 1 aliphatic heterocycles. The quantitative estimate of drug-likeness (QED) is 0.393. The third-order valence-corrected chi connectivity index (χ3v) is 10.3. The minimum atomic E-state index is -3.51. The maximum absolute atomic E-state index is 13.8. The molecular weight excluding hydrogens is 529 g/mol. The van der Waals surface area contributed by atoms with Gasteiger partial charge in [0.15, 0.2) is 0 Å². The van der Waals surface area contributed by atoms with E-state index in [1.54, 1.807) is 42.5 Å². The Kier molecular flexibility index (Phi) is 11.1. The van der Waals surface area contributed by atoms with E-state index in [0.29, 0.717) is 43.0 Å². The number of nitrogens with zero attached hydrogens (tertiary/aromatic N) is 2. The van der Waals surface area contributed by atoms with Crippen molar-refractivity contribution in [3.8, 4) is 0 Å². The molecule has 4 rings (SSSR count). The zero-order valence-electron chi connectivity index (χ0n) is 23.8. The molecule has 0 spiro atoms. The Hall–Kier alpha value is -2.33. The molecule has 2 aromatic rings. The fraction of sp³-hybridized carbons (Fsp3) is 0.581. The first kappa shape index (κ1) is 30.6. The zero-order valence-corrected chi connectivity index (χ0v) is 24.6. The van der Waals surface area contributed by atoms with Crippen molar-refractivity contribution in [3.05, 3.63) is 66.0 Å². The van der Waals surface area contributed by atoms with E-state index >= 15 is 0 Å². The highest BCUT2D eigenvalue weighted by atomic mass is 32.2. The van der Waals surface area contributed by atoms with Gasteiger partial charge >= 0.3 is 0 Å². The first-order valence-electron chi connectivity index (χ1n) is 14.6. The lowest BCUT2D eigenvalue weighted by Crippen LogP contribution is -2.41. The Morgan fingerprint density at radius 2 is 1.80 bits per heavy atom. The van der Waals surface area contributed by atoms with Crippen molar-refractivity contribution in [1.82, 2.24) is 14.5 Å². The summed E-state index contributed by atoms with van der Waals surface area (Å²) < 4.78 is 46.9. The number of carbonyl (C=O) groups excluding carboxylic acids is 1. The van der Waals surface area contributed by atoms with Crippen LogP contribution >= 0.6 is 0 Å². The Labute approximate surface area is 239 Å². The van der Waals surface area contributed by atoms with Crippen LogP contribution in [-0.2, 0) is 19.6 Å². The van der Waals surface area contributed by atoms with Crippen molar-refractivity contribution in [2.45, 2.75) is 55.9 Å². The van der Waals surface area contributed by atoms with Crippen LogP contribution in [0.5, 0.6) is 0 Å². The van der Waals surface area contributed by atoms with Crippen molar-refractivity contribution < 1.29 is 22.3 Å². The number of carbonyl (C=O) groups is 1. The summed E-state index contributed by atoms with van der Waals surface area (Å²) in [4.78, 5) is 14.9. The largest absolute Gasteiger partial charge is 0.371 e. The van der Waals surface area contributed by atoms with Gasteiger partial charge in [-0.25, -0.2) is 12.8 Å². The number of ether oxygens (including phenoxy) is 1. The van der Waals surface area contributed by atoms with E-state index in [4.69, 9.17) is 4.74 Å². The first-order chi connectivity index (χ1) is 19.2. The van der Waals surface area contributed by atoms with E-state index < -0.39 is 10.0 Å². The topological polar surface area (TPSA) is 79.0 Å². The molecule has 220 valence electrons. The predicted molar refractivity (Wildman–Crippen MR) is 155 cm³/mol. The Balaban J connectivity index is 1.12. The van der Waals surface area contributed by atoms with Gasteiger partial charge in [0.25, 0.3) is 0 Å². The number of piperidine rings is 1. The number of sulfonamides is 1. The van der Waals surface area contributed by atoms with E-state index in [-0.39, 0.29) is 30.3 Å². The highest BCUT2D eigenvalue weighted by Gasteiger charge is 2.31. The van der Waals surface area contributed by atoms with Gasteiger partial charge in [0, 0.05) is 25.7 Å². The number of amides is 1. The summed E-state index contributed by atoms with van der Waals surface area (Å²) in [6, 6.07) is 15.7. The number of hydrogen-bond acceptors (Lipinski definition) is 5. The van der Waals surface area contributed by atoms with E-state index in [0.717, 1.165) is 50.5 Å². The minimum Gasteiger partial charge on any atom is -0.371 e. The predicted octanol–water partition coefficient (Wildman–Crippen LogP) is 4.86. The summed E-state index contributed by atoms with van der Waals surface area (Å²) in [7, 11) is 0.625. The van der Waals surface area contributed by atoms with Crippen molar-refractivity contribution in [3.63, 3.8) is 0 Å². The molecule has 2 atom stereocenters. The van der Waals surface area contributed by atoms with Gasteiger partial charge in [-0.15, -0.1) is 0 Å². The lowest BCUT2D eigenvalue weighted by atomic mass is 9.75. The molecule has 9 heteroatoms. The molecule has 7 nitrogen and oxygen atoms in total. The van der Waals surface area contributed by atoms with Crippen LogP contribution in [0.2, 0.25) is 0 Å². The average Bonchev–Trinajstić information content (AvgIpc) is 2.94. The van der Waals surface area contributed by atoms with Gasteiger partial charge in [0.2, 0.25) is 15.9 Å². The molecule has 1 amide bonds. The SMILES string of the molecule is CN(C)C(c1cccc(F)c1)C1CCC(CCNC(=O)COCC2CCCN(S(=O)(=O)c3ccccc3)C2)CC1. The molecule has 1 saturated heterocycles. The molecule has 2 unspecified atom stereocenters. The monoisotopic (exact) mass is 573 g/mol. The van der Waals surface area contributed by atoms with Crippen LogP contribution < -0.4 is 5.32 Å². The van der Waals surface area contributed by atoms with Gasteiger partial charge < -0.3 is 15.0 Å². The third-order valence-electron chi connectivity index (χ3n) is 8.41. The van der Waals surface area contributed by atoms with Gasteiger partial charge in [-0.2, -0.15) is 4.31 Å². The van der Waals surface area contributed by atoms with E-state index in [1.807, 2.05) is 6.07 Å².